The minimum Gasteiger partial charge on any atom is -0.345 e. The molecular weight excluding hydrogens is 703 g/mol. The topological polar surface area (TPSA) is 13.1 Å². The molecule has 8 aromatic carbocycles. The first-order valence-corrected chi connectivity index (χ1v) is 20.5. The van der Waals surface area contributed by atoms with E-state index in [0.29, 0.717) is 0 Å². The van der Waals surface area contributed by atoms with Gasteiger partial charge in [-0.3, -0.25) is 0 Å². The number of hydrogen-bond acceptors (Lipinski definition) is 1. The zero-order valence-electron chi connectivity index (χ0n) is 33.5. The Bertz CT molecular complexity index is 3120. The predicted molar refractivity (Wildman–Crippen MR) is 245 cm³/mol. The lowest BCUT2D eigenvalue weighted by atomic mass is 9.73. The molecule has 0 fully saturated rings. The lowest BCUT2D eigenvalue weighted by Crippen LogP contribution is -2.27. The Labute approximate surface area is 339 Å². The van der Waals surface area contributed by atoms with E-state index in [2.05, 4.69) is 219 Å². The average molecular weight is 746 g/mol. The number of benzene rings is 8. The van der Waals surface area contributed by atoms with Crippen molar-refractivity contribution >= 4 is 55.0 Å². The minimum absolute atomic E-state index is 0.238. The van der Waals surface area contributed by atoms with Crippen molar-refractivity contribution < 1.29 is 0 Å². The second kappa shape index (κ2) is 11.6. The van der Waals surface area contributed by atoms with E-state index in [9.17, 15) is 0 Å². The van der Waals surface area contributed by atoms with Gasteiger partial charge in [-0.1, -0.05) is 125 Å². The van der Waals surface area contributed by atoms with Crippen LogP contribution in [0.25, 0.3) is 77.2 Å². The third-order valence-electron chi connectivity index (χ3n) is 13.7. The molecule has 2 aliphatic rings. The van der Waals surface area contributed by atoms with Gasteiger partial charge in [-0.05, 0) is 117 Å². The Kier molecular flexibility index (Phi) is 6.67. The van der Waals surface area contributed by atoms with Crippen LogP contribution in [0, 0.1) is 0 Å². The van der Waals surface area contributed by atoms with Crippen molar-refractivity contribution in [3.05, 3.63) is 192 Å². The fraction of sp³-hybridized carbons (Fsp3) is 0.127. The summed E-state index contributed by atoms with van der Waals surface area (Å²) in [5.74, 6) is 0. The molecule has 3 heteroatoms. The fourth-order valence-electron chi connectivity index (χ4n) is 10.5. The molecule has 0 saturated carbocycles. The van der Waals surface area contributed by atoms with Gasteiger partial charge in [0.05, 0.1) is 33.4 Å². The highest BCUT2D eigenvalue weighted by atomic mass is 15.1. The van der Waals surface area contributed by atoms with Crippen molar-refractivity contribution in [1.82, 2.24) is 9.13 Å². The summed E-state index contributed by atoms with van der Waals surface area (Å²) in [7, 11) is 2.23. The molecule has 0 unspecified atom stereocenters. The molecule has 0 aliphatic carbocycles. The van der Waals surface area contributed by atoms with Gasteiger partial charge in [-0.15, -0.1) is 0 Å². The predicted octanol–water partition coefficient (Wildman–Crippen LogP) is 14.3. The van der Waals surface area contributed by atoms with Crippen LogP contribution in [0.15, 0.2) is 170 Å². The van der Waals surface area contributed by atoms with Gasteiger partial charge in [0.2, 0.25) is 0 Å². The maximum absolute atomic E-state index is 2.52. The summed E-state index contributed by atoms with van der Waals surface area (Å²) < 4.78 is 5.04. The van der Waals surface area contributed by atoms with Gasteiger partial charge in [-0.25, -0.2) is 0 Å². The first-order valence-electron chi connectivity index (χ1n) is 20.5. The molecule has 10 aromatic rings. The fourth-order valence-corrected chi connectivity index (χ4v) is 10.5. The summed E-state index contributed by atoms with van der Waals surface area (Å²) in [5.41, 5.74) is 19.9. The number of aromatic nitrogens is 2. The lowest BCUT2D eigenvalue weighted by molar-refractivity contribution is 0.630. The second-order valence-electron chi connectivity index (χ2n) is 17.5. The maximum atomic E-state index is 2.52. The van der Waals surface area contributed by atoms with Crippen LogP contribution in [0.2, 0.25) is 0 Å². The summed E-state index contributed by atoms with van der Waals surface area (Å²) in [4.78, 5) is 2.38. The minimum atomic E-state index is -0.238. The first-order chi connectivity index (χ1) is 28.2. The SMILES string of the molecule is CN(c1ccc2c(c1)C(C)(C)c1cc(-c3ccccc3)cc3c4ccccc4n-2c13)c1ccc2c(c1)C(C)(C)c1cc(-c3ccccc3)cc3c4ccccc4n-2c13. The molecule has 4 heterocycles. The molecular formula is C55H43N3. The Balaban J connectivity index is 1.02. The molecule has 278 valence electrons. The normalized spacial score (nSPS) is 14.6. The third-order valence-corrected chi connectivity index (χ3v) is 13.7. The van der Waals surface area contributed by atoms with Gasteiger partial charge in [0.25, 0.3) is 0 Å². The highest BCUT2D eigenvalue weighted by molar-refractivity contribution is 6.14. The first kappa shape index (κ1) is 33.3. The number of hydrogen-bond donors (Lipinski definition) is 0. The highest BCUT2D eigenvalue weighted by Gasteiger charge is 2.38. The van der Waals surface area contributed by atoms with Gasteiger partial charge in [0.15, 0.2) is 0 Å². The molecule has 0 amide bonds. The van der Waals surface area contributed by atoms with Crippen LogP contribution in [0.3, 0.4) is 0 Å². The summed E-state index contributed by atoms with van der Waals surface area (Å²) in [6, 6.07) is 63.4. The molecule has 0 radical (unpaired) electrons. The smallest absolute Gasteiger partial charge is 0.0582 e. The van der Waals surface area contributed by atoms with Crippen LogP contribution in [-0.4, -0.2) is 16.2 Å². The Morgan fingerprint density at radius 1 is 0.362 bits per heavy atom. The average Bonchev–Trinajstić information content (AvgIpc) is 3.78. The zero-order chi connectivity index (χ0) is 39.1. The second-order valence-corrected chi connectivity index (χ2v) is 17.5. The van der Waals surface area contributed by atoms with Crippen molar-refractivity contribution in [1.29, 1.82) is 0 Å². The molecule has 58 heavy (non-hydrogen) atoms. The van der Waals surface area contributed by atoms with E-state index in [-0.39, 0.29) is 10.8 Å². The molecule has 0 bridgehead atoms. The molecule has 2 aromatic heterocycles. The van der Waals surface area contributed by atoms with Crippen LogP contribution < -0.4 is 4.90 Å². The number of anilines is 2. The number of rotatable bonds is 4. The summed E-state index contributed by atoms with van der Waals surface area (Å²) >= 11 is 0. The van der Waals surface area contributed by atoms with Crippen molar-refractivity contribution in [3.63, 3.8) is 0 Å². The molecule has 12 rings (SSSR count). The van der Waals surface area contributed by atoms with Crippen molar-refractivity contribution in [2.45, 2.75) is 38.5 Å². The van der Waals surface area contributed by atoms with E-state index in [4.69, 9.17) is 0 Å². The Hall–Kier alpha value is -6.84. The summed E-state index contributed by atoms with van der Waals surface area (Å²) in [6.07, 6.45) is 0. The van der Waals surface area contributed by atoms with Crippen molar-refractivity contribution in [3.8, 4) is 33.6 Å². The van der Waals surface area contributed by atoms with Crippen LogP contribution in [-0.2, 0) is 10.8 Å². The van der Waals surface area contributed by atoms with E-state index in [0.717, 1.165) is 0 Å². The standard InChI is InChI=1S/C55H43N3/c1-54(2)44-32-38(24-26-50(44)57-48-22-14-12-20-40(48)42-28-36(30-46(54)52(42)57)34-16-8-6-9-17-34)56(5)39-25-27-51-45(33-39)55(3,4)47-31-37(35-18-10-7-11-19-35)29-43-41-21-13-15-23-49(41)58(51)53(43)47/h6-33H,1-5H3. The van der Waals surface area contributed by atoms with Gasteiger partial charge in [-0.2, -0.15) is 0 Å². The van der Waals surface area contributed by atoms with E-state index >= 15 is 0 Å². The van der Waals surface area contributed by atoms with E-state index in [1.807, 2.05) is 0 Å². The van der Waals surface area contributed by atoms with Crippen LogP contribution in [0.1, 0.15) is 49.9 Å². The monoisotopic (exact) mass is 745 g/mol. The zero-order valence-corrected chi connectivity index (χ0v) is 33.5. The van der Waals surface area contributed by atoms with Crippen LogP contribution in [0.5, 0.6) is 0 Å². The van der Waals surface area contributed by atoms with Gasteiger partial charge < -0.3 is 14.0 Å². The Morgan fingerprint density at radius 3 is 1.19 bits per heavy atom. The molecule has 0 saturated heterocycles. The van der Waals surface area contributed by atoms with Gasteiger partial charge >= 0.3 is 0 Å². The maximum Gasteiger partial charge on any atom is 0.0582 e. The van der Waals surface area contributed by atoms with E-state index < -0.39 is 0 Å². The van der Waals surface area contributed by atoms with Crippen molar-refractivity contribution in [2.24, 2.45) is 0 Å². The quantitative estimate of drug-likeness (QED) is 0.175. The Morgan fingerprint density at radius 2 is 0.759 bits per heavy atom. The number of fused-ring (bicyclic) bond motifs is 10. The molecule has 0 atom stereocenters. The lowest BCUT2D eigenvalue weighted by Gasteiger charge is -2.37. The molecule has 0 N–H and O–H groups in total. The van der Waals surface area contributed by atoms with Crippen molar-refractivity contribution in [2.75, 3.05) is 11.9 Å². The molecule has 3 nitrogen and oxygen atoms in total. The summed E-state index contributed by atoms with van der Waals surface area (Å²) in [6.45, 7) is 9.63. The summed E-state index contributed by atoms with van der Waals surface area (Å²) in [5, 5.41) is 5.22. The highest BCUT2D eigenvalue weighted by Crippen LogP contribution is 2.52. The van der Waals surface area contributed by atoms with Crippen LogP contribution in [0.4, 0.5) is 11.4 Å². The molecule has 0 spiro atoms. The largest absolute Gasteiger partial charge is 0.345 e. The number of para-hydroxylation sites is 2. The van der Waals surface area contributed by atoms with Gasteiger partial charge in [0, 0.05) is 50.8 Å². The van der Waals surface area contributed by atoms with E-state index in [1.54, 1.807) is 0 Å². The molecule has 2 aliphatic heterocycles. The van der Waals surface area contributed by atoms with Gasteiger partial charge in [0.1, 0.15) is 0 Å². The van der Waals surface area contributed by atoms with E-state index in [1.165, 1.54) is 111 Å². The number of nitrogens with zero attached hydrogens (tertiary/aromatic N) is 3. The third kappa shape index (κ3) is 4.39. The van der Waals surface area contributed by atoms with Crippen LogP contribution >= 0.6 is 0 Å².